The number of ether oxygens (including phenoxy) is 3. The van der Waals surface area contributed by atoms with Crippen molar-refractivity contribution in [3.8, 4) is 5.75 Å². The maximum absolute atomic E-state index is 12.4. The molecule has 1 aliphatic heterocycles. The number of carbonyl (C=O) groups is 2. The van der Waals surface area contributed by atoms with Gasteiger partial charge >= 0.3 is 11.9 Å². The van der Waals surface area contributed by atoms with Crippen LogP contribution in [0, 0.1) is 0 Å². The second-order valence-electron chi connectivity index (χ2n) is 6.60. The Bertz CT molecular complexity index is 915. The summed E-state index contributed by atoms with van der Waals surface area (Å²) in [5.74, 6) is -0.996. The zero-order valence-electron chi connectivity index (χ0n) is 16.6. The molecule has 0 N–H and O–H groups in total. The van der Waals surface area contributed by atoms with Gasteiger partial charge in [0.05, 0.1) is 31.3 Å². The fourth-order valence-corrected chi connectivity index (χ4v) is 3.25. The third kappa shape index (κ3) is 4.66. The summed E-state index contributed by atoms with van der Waals surface area (Å²) in [5.41, 5.74) is 2.47. The third-order valence-corrected chi connectivity index (χ3v) is 4.59. The van der Waals surface area contributed by atoms with Crippen LogP contribution in [0.4, 0.5) is 0 Å². The summed E-state index contributed by atoms with van der Waals surface area (Å²) < 4.78 is 15.8. The van der Waals surface area contributed by atoms with Gasteiger partial charge in [-0.15, -0.1) is 0 Å². The summed E-state index contributed by atoms with van der Waals surface area (Å²) in [5, 5.41) is 0. The van der Waals surface area contributed by atoms with Crippen molar-refractivity contribution in [1.29, 1.82) is 0 Å². The van der Waals surface area contributed by atoms with E-state index >= 15 is 0 Å². The van der Waals surface area contributed by atoms with E-state index in [2.05, 4.69) is 0 Å². The van der Waals surface area contributed by atoms with Crippen molar-refractivity contribution in [3.05, 3.63) is 89.3 Å². The van der Waals surface area contributed by atoms with Crippen molar-refractivity contribution in [2.45, 2.75) is 12.5 Å². The Morgan fingerprint density at radius 3 is 2.10 bits per heavy atom. The fourth-order valence-electron chi connectivity index (χ4n) is 3.25. The lowest BCUT2D eigenvalue weighted by Crippen LogP contribution is -2.27. The third-order valence-electron chi connectivity index (χ3n) is 4.59. The van der Waals surface area contributed by atoms with E-state index in [-0.39, 0.29) is 0 Å². The summed E-state index contributed by atoms with van der Waals surface area (Å²) in [7, 11) is 4.37. The average Bonchev–Trinajstić information content (AvgIpc) is 2.76. The highest BCUT2D eigenvalue weighted by molar-refractivity contribution is 5.98. The Balaban J connectivity index is 1.94. The van der Waals surface area contributed by atoms with E-state index < -0.39 is 17.9 Å². The molecule has 0 saturated heterocycles. The quantitative estimate of drug-likeness (QED) is 0.701. The minimum Gasteiger partial charge on any atom is -0.489 e. The molecule has 1 aliphatic rings. The summed E-state index contributed by atoms with van der Waals surface area (Å²) in [6, 6.07) is 17.2. The van der Waals surface area contributed by atoms with Crippen LogP contribution in [0.2, 0.25) is 0 Å². The van der Waals surface area contributed by atoms with Crippen LogP contribution in [-0.2, 0) is 25.7 Å². The smallest absolute Gasteiger partial charge is 0.336 e. The molecule has 2 aromatic rings. The minimum atomic E-state index is -0.619. The molecule has 0 spiro atoms. The van der Waals surface area contributed by atoms with Gasteiger partial charge in [-0.25, -0.2) is 9.59 Å². The predicted octanol–water partition coefficient (Wildman–Crippen LogP) is 3.41. The van der Waals surface area contributed by atoms with Crippen LogP contribution in [0.3, 0.4) is 0 Å². The number of carbonyl (C=O) groups excluding carboxylic acids is 2. The van der Waals surface area contributed by atoms with Crippen LogP contribution < -0.4 is 4.74 Å². The van der Waals surface area contributed by atoms with E-state index in [1.807, 2.05) is 54.6 Å². The SMILES string of the molecule is COC(=O)C1=CN(C)C=C(C(=O)OC)C1c1cccc(OCc2ccccc2)c1. The van der Waals surface area contributed by atoms with Crippen molar-refractivity contribution in [2.75, 3.05) is 21.3 Å². The first-order valence-corrected chi connectivity index (χ1v) is 9.12. The molecule has 0 saturated carbocycles. The minimum absolute atomic E-state index is 0.345. The fraction of sp³-hybridized carbons (Fsp3) is 0.217. The van der Waals surface area contributed by atoms with Gasteiger partial charge in [0.15, 0.2) is 0 Å². The zero-order valence-corrected chi connectivity index (χ0v) is 16.6. The van der Waals surface area contributed by atoms with E-state index in [1.54, 1.807) is 24.3 Å². The molecule has 2 aromatic carbocycles. The molecule has 6 heteroatoms. The van der Waals surface area contributed by atoms with Gasteiger partial charge in [-0.3, -0.25) is 0 Å². The van der Waals surface area contributed by atoms with E-state index in [9.17, 15) is 9.59 Å². The van der Waals surface area contributed by atoms with Gasteiger partial charge in [-0.05, 0) is 23.3 Å². The lowest BCUT2D eigenvalue weighted by Gasteiger charge is -2.28. The second-order valence-corrected chi connectivity index (χ2v) is 6.60. The molecule has 3 rings (SSSR count). The largest absolute Gasteiger partial charge is 0.489 e. The molecule has 0 bridgehead atoms. The second kappa shape index (κ2) is 9.10. The maximum atomic E-state index is 12.4. The van der Waals surface area contributed by atoms with Gasteiger partial charge in [0.1, 0.15) is 12.4 Å². The number of rotatable bonds is 6. The average molecular weight is 393 g/mol. The van der Waals surface area contributed by atoms with Gasteiger partial charge in [0.2, 0.25) is 0 Å². The predicted molar refractivity (Wildman–Crippen MR) is 108 cm³/mol. The van der Waals surface area contributed by atoms with Crippen LogP contribution in [0.5, 0.6) is 5.75 Å². The van der Waals surface area contributed by atoms with E-state index in [0.717, 1.165) is 11.1 Å². The monoisotopic (exact) mass is 393 g/mol. The number of methoxy groups -OCH3 is 2. The molecule has 0 atom stereocenters. The topological polar surface area (TPSA) is 65.1 Å². The van der Waals surface area contributed by atoms with Crippen LogP contribution in [-0.4, -0.2) is 38.1 Å². The van der Waals surface area contributed by atoms with E-state index in [1.165, 1.54) is 14.2 Å². The lowest BCUT2D eigenvalue weighted by molar-refractivity contribution is -0.137. The number of benzene rings is 2. The Kier molecular flexibility index (Phi) is 6.34. The number of hydrogen-bond donors (Lipinski definition) is 0. The number of nitrogens with zero attached hydrogens (tertiary/aromatic N) is 1. The molecule has 29 heavy (non-hydrogen) atoms. The summed E-state index contributed by atoms with van der Waals surface area (Å²) in [6.07, 6.45) is 3.31. The summed E-state index contributed by atoms with van der Waals surface area (Å²) in [6.45, 7) is 0.414. The molecule has 1 heterocycles. The molecule has 0 fully saturated rings. The van der Waals surface area contributed by atoms with Crippen molar-refractivity contribution in [2.24, 2.45) is 0 Å². The molecule has 0 radical (unpaired) electrons. The highest BCUT2D eigenvalue weighted by Crippen LogP contribution is 2.37. The lowest BCUT2D eigenvalue weighted by atomic mass is 9.83. The van der Waals surface area contributed by atoms with Crippen molar-refractivity contribution >= 4 is 11.9 Å². The Hall–Kier alpha value is -3.54. The maximum Gasteiger partial charge on any atom is 0.336 e. The molecule has 0 aliphatic carbocycles. The Morgan fingerprint density at radius 1 is 0.897 bits per heavy atom. The van der Waals surface area contributed by atoms with Crippen LogP contribution in [0.25, 0.3) is 0 Å². The van der Waals surface area contributed by atoms with Gasteiger partial charge in [0.25, 0.3) is 0 Å². The highest BCUT2D eigenvalue weighted by atomic mass is 16.5. The number of hydrogen-bond acceptors (Lipinski definition) is 6. The first kappa shape index (κ1) is 20.2. The molecule has 0 aromatic heterocycles. The van der Waals surface area contributed by atoms with Gasteiger partial charge in [0, 0.05) is 19.4 Å². The molecular weight excluding hydrogens is 370 g/mol. The van der Waals surface area contributed by atoms with Crippen molar-refractivity contribution in [1.82, 2.24) is 4.90 Å². The first-order chi connectivity index (χ1) is 14.0. The van der Waals surface area contributed by atoms with Gasteiger partial charge < -0.3 is 19.1 Å². The standard InChI is InChI=1S/C23H23NO5/c1-24-13-19(22(25)27-2)21(20(14-24)23(26)28-3)17-10-7-11-18(12-17)29-15-16-8-5-4-6-9-16/h4-14,21H,15H2,1-3H3. The normalized spacial score (nSPS) is 14.0. The summed E-state index contributed by atoms with van der Waals surface area (Å²) >= 11 is 0. The van der Waals surface area contributed by atoms with Crippen molar-refractivity contribution < 1.29 is 23.8 Å². The van der Waals surface area contributed by atoms with E-state index in [0.29, 0.717) is 23.5 Å². The first-order valence-electron chi connectivity index (χ1n) is 9.12. The Morgan fingerprint density at radius 2 is 1.52 bits per heavy atom. The summed E-state index contributed by atoms with van der Waals surface area (Å²) in [4.78, 5) is 26.5. The molecule has 0 amide bonds. The van der Waals surface area contributed by atoms with Crippen LogP contribution >= 0.6 is 0 Å². The zero-order chi connectivity index (χ0) is 20.8. The molecule has 6 nitrogen and oxygen atoms in total. The van der Waals surface area contributed by atoms with Crippen molar-refractivity contribution in [3.63, 3.8) is 0 Å². The highest BCUT2D eigenvalue weighted by Gasteiger charge is 2.34. The van der Waals surface area contributed by atoms with Gasteiger partial charge in [-0.2, -0.15) is 0 Å². The van der Waals surface area contributed by atoms with E-state index in [4.69, 9.17) is 14.2 Å². The van der Waals surface area contributed by atoms with Crippen LogP contribution in [0.1, 0.15) is 17.0 Å². The molecular formula is C23H23NO5. The Labute approximate surface area is 170 Å². The molecule has 0 unspecified atom stereocenters. The number of esters is 2. The van der Waals surface area contributed by atoms with Crippen LogP contribution in [0.15, 0.2) is 78.1 Å². The molecule has 150 valence electrons. The van der Waals surface area contributed by atoms with Gasteiger partial charge in [-0.1, -0.05) is 42.5 Å².